The molecule has 2 aliphatic carbocycles. The number of nitrogens with zero attached hydrogens (tertiary/aromatic N) is 3. The van der Waals surface area contributed by atoms with Crippen molar-refractivity contribution >= 4 is 33.2 Å². The zero-order valence-corrected chi connectivity index (χ0v) is 27.0. The first-order chi connectivity index (χ1) is 21.2. The third kappa shape index (κ3) is 6.45. The van der Waals surface area contributed by atoms with Crippen LogP contribution in [-0.2, 0) is 21.0 Å². The first-order valence-electron chi connectivity index (χ1n) is 16.0. The number of sulfone groups is 1. The Kier molecular flexibility index (Phi) is 9.15. The summed E-state index contributed by atoms with van der Waals surface area (Å²) in [6, 6.07) is 18.4. The summed E-state index contributed by atoms with van der Waals surface area (Å²) in [7, 11) is -1.87. The highest BCUT2D eigenvalue weighted by atomic mass is 35.5. The molecule has 4 aliphatic rings. The van der Waals surface area contributed by atoms with Gasteiger partial charge in [0.15, 0.2) is 9.84 Å². The van der Waals surface area contributed by atoms with Gasteiger partial charge in [0.05, 0.1) is 40.0 Å². The van der Waals surface area contributed by atoms with Gasteiger partial charge in [-0.2, -0.15) is 5.26 Å². The molecule has 3 atom stereocenters. The number of halogens is 1. The highest BCUT2D eigenvalue weighted by Gasteiger charge is 2.49. The van der Waals surface area contributed by atoms with Crippen LogP contribution in [-0.4, -0.2) is 70.5 Å². The second-order valence-corrected chi connectivity index (χ2v) is 16.0. The van der Waals surface area contributed by atoms with E-state index >= 15 is 0 Å². The molecule has 1 unspecified atom stereocenters. The maximum Gasteiger partial charge on any atom is 0.407 e. The summed E-state index contributed by atoms with van der Waals surface area (Å²) in [5.41, 5.74) is 2.01. The number of alkyl carbamates (subject to hydrolysis) is 1. The fraction of sp³-hybridized carbons (Fsp3) is 0.588. The number of rotatable bonds is 10. The molecule has 236 valence electrons. The second kappa shape index (κ2) is 12.9. The van der Waals surface area contributed by atoms with E-state index < -0.39 is 15.9 Å². The van der Waals surface area contributed by atoms with Crippen molar-refractivity contribution < 1.29 is 17.9 Å². The lowest BCUT2D eigenvalue weighted by molar-refractivity contribution is 0.0317. The van der Waals surface area contributed by atoms with Crippen molar-refractivity contribution in [3.8, 4) is 6.07 Å². The molecule has 0 bridgehead atoms. The van der Waals surface area contributed by atoms with Crippen LogP contribution in [0.3, 0.4) is 0 Å². The zero-order valence-electron chi connectivity index (χ0n) is 25.5. The van der Waals surface area contributed by atoms with Crippen molar-refractivity contribution in [3.05, 3.63) is 59.1 Å². The van der Waals surface area contributed by atoms with Crippen LogP contribution in [0.1, 0.15) is 50.5 Å². The minimum absolute atomic E-state index is 0.0339. The van der Waals surface area contributed by atoms with Crippen LogP contribution in [0.25, 0.3) is 0 Å². The molecule has 4 fully saturated rings. The lowest BCUT2D eigenvalue weighted by Crippen LogP contribution is -2.55. The topological polar surface area (TPSA) is 103 Å². The van der Waals surface area contributed by atoms with Crippen LogP contribution >= 0.6 is 11.6 Å². The number of carbonyl (C=O) groups is 1. The van der Waals surface area contributed by atoms with Gasteiger partial charge in [-0.05, 0) is 93.1 Å². The van der Waals surface area contributed by atoms with Crippen molar-refractivity contribution in [3.63, 3.8) is 0 Å². The van der Waals surface area contributed by atoms with Gasteiger partial charge in [-0.3, -0.25) is 0 Å². The second-order valence-electron chi connectivity index (χ2n) is 13.4. The number of nitriles is 1. The Morgan fingerprint density at radius 1 is 1.11 bits per heavy atom. The smallest absolute Gasteiger partial charge is 0.407 e. The summed E-state index contributed by atoms with van der Waals surface area (Å²) in [6.07, 6.45) is 6.65. The van der Waals surface area contributed by atoms with Gasteiger partial charge in [0.25, 0.3) is 0 Å². The van der Waals surface area contributed by atoms with Gasteiger partial charge in [0.1, 0.15) is 0 Å². The summed E-state index contributed by atoms with van der Waals surface area (Å²) in [4.78, 5) is 17.2. The van der Waals surface area contributed by atoms with Crippen LogP contribution in [0.2, 0.25) is 5.02 Å². The number of benzene rings is 2. The number of carbonyl (C=O) groups excluding carboxylic acids is 1. The Morgan fingerprint density at radius 2 is 1.84 bits per heavy atom. The number of anilines is 1. The highest BCUT2D eigenvalue weighted by Crippen LogP contribution is 2.49. The normalized spacial score (nSPS) is 24.7. The molecule has 2 aromatic carbocycles. The quantitative estimate of drug-likeness (QED) is 0.356. The monoisotopic (exact) mass is 638 g/mol. The summed E-state index contributed by atoms with van der Waals surface area (Å²) >= 11 is 6.58. The fourth-order valence-corrected chi connectivity index (χ4v) is 10.0. The lowest BCUT2D eigenvalue weighted by Gasteiger charge is -2.49. The molecule has 6 rings (SSSR count). The third-order valence-corrected chi connectivity index (χ3v) is 13.1. The van der Waals surface area contributed by atoms with Crippen molar-refractivity contribution in [2.24, 2.45) is 23.2 Å². The van der Waals surface area contributed by atoms with Crippen LogP contribution in [0.5, 0.6) is 0 Å². The van der Waals surface area contributed by atoms with Gasteiger partial charge < -0.3 is 19.9 Å². The van der Waals surface area contributed by atoms with Gasteiger partial charge in [-0.25, -0.2) is 13.2 Å². The van der Waals surface area contributed by atoms with E-state index in [4.69, 9.17) is 16.3 Å². The number of piperidine rings is 1. The van der Waals surface area contributed by atoms with E-state index in [1.165, 1.54) is 12.7 Å². The van der Waals surface area contributed by atoms with E-state index in [1.54, 1.807) is 12.1 Å². The standard InChI is InChI=1S/C34H43ClN4O4S/c1-43-33(40)37-31-9-5-8-28(31)29(20-36)34(19-24-6-3-2-4-7-24)14-16-38(17-15-34)21-25-22-39(23-25)32-13-12-27(18-30(32)35)44(41,42)26-10-11-26/h2-4,6-7,12-13,18,25-26,28-29,31H,5,8-11,14-17,19,21-23H2,1H3,(H,37,40)/t28-,29?,31+/m1/s1. The van der Waals surface area contributed by atoms with Crippen LogP contribution in [0.15, 0.2) is 53.4 Å². The van der Waals surface area contributed by atoms with Crippen molar-refractivity contribution in [1.29, 1.82) is 5.26 Å². The van der Waals surface area contributed by atoms with E-state index in [0.29, 0.717) is 15.8 Å². The number of hydrogen-bond acceptors (Lipinski definition) is 7. The Hall–Kier alpha value is -2.80. The third-order valence-electron chi connectivity index (χ3n) is 10.6. The molecule has 44 heavy (non-hydrogen) atoms. The highest BCUT2D eigenvalue weighted by molar-refractivity contribution is 7.92. The van der Waals surface area contributed by atoms with Gasteiger partial charge in [-0.1, -0.05) is 48.4 Å². The lowest BCUT2D eigenvalue weighted by atomic mass is 9.61. The molecule has 1 amide bonds. The number of likely N-dealkylation sites (tertiary alicyclic amines) is 1. The van der Waals surface area contributed by atoms with E-state index in [0.717, 1.165) is 89.8 Å². The molecule has 1 N–H and O–H groups in total. The largest absolute Gasteiger partial charge is 0.453 e. The van der Waals surface area contributed by atoms with Gasteiger partial charge in [0.2, 0.25) is 0 Å². The first kappa shape index (κ1) is 31.2. The molecule has 0 aromatic heterocycles. The number of methoxy groups -OCH3 is 1. The molecule has 2 heterocycles. The number of amides is 1. The molecule has 0 radical (unpaired) electrons. The number of nitrogens with one attached hydrogen (secondary N) is 1. The molecule has 10 heteroatoms. The SMILES string of the molecule is COC(=O)N[C@H]1CCC[C@@H]1C(C#N)C1(Cc2ccccc2)CCN(CC2CN(c3ccc(S(=O)(=O)C4CC4)cc3Cl)C2)CC1. The number of hydrogen-bond donors (Lipinski definition) is 1. The maximum atomic E-state index is 12.6. The van der Waals surface area contributed by atoms with E-state index in [-0.39, 0.29) is 28.5 Å². The fourth-order valence-electron chi connectivity index (χ4n) is 7.98. The van der Waals surface area contributed by atoms with Crippen molar-refractivity contribution in [2.45, 2.75) is 67.6 Å². The van der Waals surface area contributed by atoms with Crippen molar-refractivity contribution in [2.75, 3.05) is 44.7 Å². The summed E-state index contributed by atoms with van der Waals surface area (Å²) in [5, 5.41) is 13.9. The summed E-state index contributed by atoms with van der Waals surface area (Å²) in [6.45, 7) is 4.67. The average molecular weight is 639 g/mol. The average Bonchev–Trinajstić information content (AvgIpc) is 3.78. The van der Waals surface area contributed by atoms with Gasteiger partial charge in [0, 0.05) is 31.6 Å². The molecule has 2 saturated heterocycles. The Morgan fingerprint density at radius 3 is 2.48 bits per heavy atom. The summed E-state index contributed by atoms with van der Waals surface area (Å²) in [5.74, 6) is 0.477. The predicted octanol–water partition coefficient (Wildman–Crippen LogP) is 5.70. The zero-order chi connectivity index (χ0) is 30.9. The Balaban J connectivity index is 1.09. The molecule has 0 spiro atoms. The van der Waals surface area contributed by atoms with E-state index in [2.05, 4.69) is 45.5 Å². The maximum absolute atomic E-state index is 12.6. The molecular formula is C34H43ClN4O4S. The molecule has 8 nitrogen and oxygen atoms in total. The molecular weight excluding hydrogens is 596 g/mol. The first-order valence-corrected chi connectivity index (χ1v) is 17.9. The van der Waals surface area contributed by atoms with Crippen LogP contribution < -0.4 is 10.2 Å². The molecule has 2 aromatic rings. The minimum Gasteiger partial charge on any atom is -0.453 e. The predicted molar refractivity (Wildman–Crippen MR) is 171 cm³/mol. The Labute approximate surface area is 266 Å². The molecule has 2 aliphatic heterocycles. The van der Waals surface area contributed by atoms with E-state index in [1.807, 2.05) is 12.1 Å². The molecule has 2 saturated carbocycles. The van der Waals surface area contributed by atoms with Crippen LogP contribution in [0, 0.1) is 34.5 Å². The number of ether oxygens (including phenoxy) is 1. The van der Waals surface area contributed by atoms with Crippen molar-refractivity contribution in [1.82, 2.24) is 10.2 Å². The van der Waals surface area contributed by atoms with E-state index in [9.17, 15) is 18.5 Å². The van der Waals surface area contributed by atoms with Gasteiger partial charge >= 0.3 is 6.09 Å². The summed E-state index contributed by atoms with van der Waals surface area (Å²) < 4.78 is 30.1. The van der Waals surface area contributed by atoms with Gasteiger partial charge in [-0.15, -0.1) is 0 Å². The van der Waals surface area contributed by atoms with Crippen LogP contribution in [0.4, 0.5) is 10.5 Å². The minimum atomic E-state index is -3.26. The Bertz CT molecular complexity index is 1480.